The van der Waals surface area contributed by atoms with Gasteiger partial charge in [-0.05, 0) is 214 Å². The fourth-order valence-electron chi connectivity index (χ4n) is 19.3. The molecule has 0 radical (unpaired) electrons. The van der Waals surface area contributed by atoms with Gasteiger partial charge in [-0.1, -0.05) is 187 Å². The summed E-state index contributed by atoms with van der Waals surface area (Å²) >= 11 is 0. The molecule has 5 aromatic rings. The molecule has 83 heavy (non-hydrogen) atoms. The van der Waals surface area contributed by atoms with E-state index in [4.69, 9.17) is 4.74 Å². The van der Waals surface area contributed by atoms with Crippen molar-refractivity contribution < 1.29 is 4.74 Å². The summed E-state index contributed by atoms with van der Waals surface area (Å²) in [5.41, 5.74) is 18.2. The fourth-order valence-corrected chi connectivity index (χ4v) is 19.3. The van der Waals surface area contributed by atoms with Crippen molar-refractivity contribution in [2.45, 2.75) is 240 Å². The molecule has 444 valence electrons. The average molecular weight is 1120 g/mol. The predicted molar refractivity (Wildman–Crippen MR) is 348 cm³/mol. The number of fused-ring (bicyclic) bond motifs is 8. The van der Waals surface area contributed by atoms with Crippen molar-refractivity contribution >= 4 is 17.1 Å². The van der Waals surface area contributed by atoms with Gasteiger partial charge >= 0.3 is 0 Å². The highest BCUT2D eigenvalue weighted by molar-refractivity contribution is 5.61. The summed E-state index contributed by atoms with van der Waals surface area (Å²) < 4.78 is 5.45. The third-order valence-corrected chi connectivity index (χ3v) is 23.9. The molecule has 5 N–H and O–H groups in total. The van der Waals surface area contributed by atoms with Gasteiger partial charge in [0.2, 0.25) is 0 Å². The standard InChI is InChI=1S/C14H18.C13H17N.C13H23N.2C13H17N.C11H13NO/c1-4-9-14(10-5-1)11-8-12-6-2-3-7-13(12)14;1-4-8-13(9-5-1)10-14-12-7-3-2-6-11(12)13;2*1-2-6-12-11(5-1)9-13(10-14-12)7-3-4-8-13;1-2-6-12-10-13(9-11(12)5-1)7-3-4-8-14-13;1-2-4-10-9(3-1)7-11(12-10)5-6-13-8-11/h2-3,6-7H,1,4-5,8-11H2;2-3,6-7,14H,1,4-5,8-10H2;11-12,14H,1-10H2;2*1-2,5-6,14H,3-4,7-10H2;1-4,12H,5-8H2. The molecule has 0 amide bonds. The summed E-state index contributed by atoms with van der Waals surface area (Å²) in [6.45, 7) is 6.70. The Balaban J connectivity index is 0.0000000932. The molecular weight excluding hydrogens is 1010 g/mol. The van der Waals surface area contributed by atoms with Crippen molar-refractivity contribution in [3.8, 4) is 0 Å². The minimum atomic E-state index is 0.226. The normalized spacial score (nSPS) is 27.5. The van der Waals surface area contributed by atoms with Crippen LogP contribution in [0.5, 0.6) is 0 Å². The number of aryl methyl sites for hydroxylation is 1. The fraction of sp³-hybridized carbons (Fsp3) is 0.610. The molecule has 6 nitrogen and oxygen atoms in total. The summed E-state index contributed by atoms with van der Waals surface area (Å²) in [4.78, 5) is 0. The minimum Gasteiger partial charge on any atom is -0.384 e. The lowest BCUT2D eigenvalue weighted by atomic mass is 9.68. The van der Waals surface area contributed by atoms with Crippen LogP contribution < -0.4 is 26.6 Å². The Kier molecular flexibility index (Phi) is 17.8. The molecule has 8 fully saturated rings. The first-order chi connectivity index (χ1) is 40.8. The number of benzene rings is 5. The lowest BCUT2D eigenvalue weighted by molar-refractivity contribution is 0.0943. The van der Waals surface area contributed by atoms with Crippen LogP contribution in [0.15, 0.2) is 121 Å². The van der Waals surface area contributed by atoms with Crippen LogP contribution in [0.3, 0.4) is 0 Å². The van der Waals surface area contributed by atoms with Crippen molar-refractivity contribution in [1.29, 1.82) is 0 Å². The molecule has 6 heteroatoms. The van der Waals surface area contributed by atoms with Gasteiger partial charge in [0.25, 0.3) is 0 Å². The van der Waals surface area contributed by atoms with E-state index >= 15 is 0 Å². The number of rotatable bonds is 0. The van der Waals surface area contributed by atoms with Crippen LogP contribution in [0, 0.1) is 16.7 Å². The van der Waals surface area contributed by atoms with Gasteiger partial charge in [0, 0.05) is 60.3 Å². The van der Waals surface area contributed by atoms with Gasteiger partial charge in [-0.15, -0.1) is 0 Å². The molecule has 3 saturated heterocycles. The molecule has 3 unspecified atom stereocenters. The maximum absolute atomic E-state index is 5.45. The van der Waals surface area contributed by atoms with Crippen LogP contribution >= 0.6 is 0 Å². The van der Waals surface area contributed by atoms with Crippen molar-refractivity contribution in [1.82, 2.24) is 10.6 Å². The number of hydrogen-bond donors (Lipinski definition) is 5. The van der Waals surface area contributed by atoms with Crippen molar-refractivity contribution in [3.05, 3.63) is 160 Å². The molecule has 13 aliphatic rings. The molecule has 18 rings (SSSR count). The van der Waals surface area contributed by atoms with Gasteiger partial charge in [0.15, 0.2) is 0 Å². The van der Waals surface area contributed by atoms with Crippen molar-refractivity contribution in [3.63, 3.8) is 0 Å². The van der Waals surface area contributed by atoms with Crippen LogP contribution in [0.25, 0.3) is 0 Å². The van der Waals surface area contributed by atoms with Gasteiger partial charge in [-0.25, -0.2) is 0 Å². The zero-order chi connectivity index (χ0) is 55.9. The highest BCUT2D eigenvalue weighted by Crippen LogP contribution is 2.51. The highest BCUT2D eigenvalue weighted by Gasteiger charge is 2.45. The monoisotopic (exact) mass is 1120 g/mol. The topological polar surface area (TPSA) is 69.4 Å². The van der Waals surface area contributed by atoms with E-state index in [2.05, 4.69) is 148 Å². The van der Waals surface area contributed by atoms with E-state index in [1.807, 2.05) is 0 Å². The van der Waals surface area contributed by atoms with E-state index < -0.39 is 0 Å². The van der Waals surface area contributed by atoms with Crippen LogP contribution in [-0.2, 0) is 47.7 Å². The second kappa shape index (κ2) is 25.8. The first-order valence-corrected chi connectivity index (χ1v) is 34.6. The number of anilines is 3. The molecule has 0 aromatic heterocycles. The molecule has 6 aliphatic heterocycles. The Morgan fingerprint density at radius 2 is 0.940 bits per heavy atom. The van der Waals surface area contributed by atoms with Crippen LogP contribution in [0.2, 0.25) is 0 Å². The Hall–Kier alpha value is -4.62. The molecule has 7 aliphatic carbocycles. The van der Waals surface area contributed by atoms with E-state index in [-0.39, 0.29) is 5.54 Å². The second-order valence-electron chi connectivity index (χ2n) is 29.4. The molecule has 6 heterocycles. The summed E-state index contributed by atoms with van der Waals surface area (Å²) in [6, 6.07) is 45.1. The molecule has 5 aromatic carbocycles. The second-order valence-corrected chi connectivity index (χ2v) is 29.4. The number of ether oxygens (including phenoxy) is 1. The summed E-state index contributed by atoms with van der Waals surface area (Å²) in [5.74, 6) is 1.04. The molecule has 5 saturated carbocycles. The van der Waals surface area contributed by atoms with E-state index in [0.29, 0.717) is 21.8 Å². The predicted octanol–water partition coefficient (Wildman–Crippen LogP) is 17.6. The third-order valence-electron chi connectivity index (χ3n) is 23.9. The van der Waals surface area contributed by atoms with E-state index in [9.17, 15) is 0 Å². The van der Waals surface area contributed by atoms with Gasteiger partial charge < -0.3 is 31.3 Å². The molecular formula is C77H105N5O. The molecule has 6 spiro atoms. The Morgan fingerprint density at radius 3 is 1.61 bits per heavy atom. The first kappa shape index (κ1) is 57.5. The number of piperidine rings is 2. The van der Waals surface area contributed by atoms with E-state index in [1.165, 1.54) is 247 Å². The summed E-state index contributed by atoms with van der Waals surface area (Å²) in [6.07, 6.45) is 46.5. The zero-order valence-electron chi connectivity index (χ0n) is 51.2. The van der Waals surface area contributed by atoms with E-state index in [0.717, 1.165) is 43.4 Å². The largest absolute Gasteiger partial charge is 0.384 e. The molecule has 0 bridgehead atoms. The van der Waals surface area contributed by atoms with Gasteiger partial charge in [-0.2, -0.15) is 0 Å². The van der Waals surface area contributed by atoms with Gasteiger partial charge in [-0.3, -0.25) is 0 Å². The first-order valence-electron chi connectivity index (χ1n) is 34.6. The van der Waals surface area contributed by atoms with Crippen molar-refractivity contribution in [2.24, 2.45) is 16.7 Å². The SMILES string of the molecule is C1CCC2NCC3(CCCC3)CC2C1.c1ccc2c(c1)CC1(CCCC1)CN2.c1ccc2c(c1)CC1(CCCCN1)C2.c1ccc2c(c1)CC1(CCOC1)N2.c1ccc2c(c1)CCC21CCCCC1.c1ccc2c(c1)NCC21CCCCC1. The maximum atomic E-state index is 5.45. The number of para-hydroxylation sites is 3. The summed E-state index contributed by atoms with van der Waals surface area (Å²) in [5, 5.41) is 18.3. The molecule has 3 atom stereocenters. The summed E-state index contributed by atoms with van der Waals surface area (Å²) in [7, 11) is 0. The van der Waals surface area contributed by atoms with Crippen LogP contribution in [-0.4, -0.2) is 56.5 Å². The number of nitrogens with one attached hydrogen (secondary N) is 5. The van der Waals surface area contributed by atoms with Crippen molar-refractivity contribution in [2.75, 3.05) is 55.3 Å². The Morgan fingerprint density at radius 1 is 0.386 bits per heavy atom. The van der Waals surface area contributed by atoms with Crippen LogP contribution in [0.4, 0.5) is 17.1 Å². The quantitative estimate of drug-likeness (QED) is 0.106. The van der Waals surface area contributed by atoms with Gasteiger partial charge in [0.05, 0.1) is 12.1 Å². The smallest absolute Gasteiger partial charge is 0.0700 e. The van der Waals surface area contributed by atoms with Crippen LogP contribution in [0.1, 0.15) is 219 Å². The Labute approximate surface area is 502 Å². The number of hydrogen-bond acceptors (Lipinski definition) is 6. The van der Waals surface area contributed by atoms with Gasteiger partial charge in [0.1, 0.15) is 0 Å². The third kappa shape index (κ3) is 12.9. The van der Waals surface area contributed by atoms with E-state index in [1.54, 1.807) is 34.2 Å². The zero-order valence-corrected chi connectivity index (χ0v) is 51.2. The minimum absolute atomic E-state index is 0.226. The maximum Gasteiger partial charge on any atom is 0.0700 e. The lowest BCUT2D eigenvalue weighted by Gasteiger charge is -2.45. The highest BCUT2D eigenvalue weighted by atomic mass is 16.5. The lowest BCUT2D eigenvalue weighted by Crippen LogP contribution is -2.51. The average Bonchev–Trinajstić information content (AvgIpc) is 4.51. The Bertz CT molecular complexity index is 2750.